The van der Waals surface area contributed by atoms with Crippen molar-refractivity contribution in [1.29, 1.82) is 0 Å². The SMILES string of the molecule is C=C1O[C@@H](N2C=NC3(F)C(=NC)N=CN=C23)[C@H](O)[C@@H]1O. The molecule has 0 aromatic carbocycles. The van der Waals surface area contributed by atoms with Gasteiger partial charge in [0.2, 0.25) is 6.23 Å². The molecule has 1 saturated heterocycles. The Balaban J connectivity index is 1.96. The molecular weight excluding hydrogens is 269 g/mol. The Kier molecular flexibility index (Phi) is 2.69. The Morgan fingerprint density at radius 2 is 2.30 bits per heavy atom. The highest BCUT2D eigenvalue weighted by Gasteiger charge is 2.54. The maximum absolute atomic E-state index is 14.8. The van der Waals surface area contributed by atoms with Gasteiger partial charge in [0.15, 0.2) is 11.7 Å². The maximum atomic E-state index is 14.8. The molecule has 1 unspecified atom stereocenters. The van der Waals surface area contributed by atoms with Crippen molar-refractivity contribution in [3.05, 3.63) is 12.3 Å². The number of rotatable bonds is 1. The summed E-state index contributed by atoms with van der Waals surface area (Å²) in [7, 11) is 1.39. The summed E-state index contributed by atoms with van der Waals surface area (Å²) in [6.07, 6.45) is -1.32. The van der Waals surface area contributed by atoms with E-state index in [2.05, 4.69) is 26.5 Å². The molecule has 20 heavy (non-hydrogen) atoms. The third-order valence-electron chi connectivity index (χ3n) is 3.26. The molecule has 3 rings (SSSR count). The van der Waals surface area contributed by atoms with E-state index in [-0.39, 0.29) is 17.4 Å². The second-order valence-corrected chi connectivity index (χ2v) is 4.43. The van der Waals surface area contributed by atoms with Gasteiger partial charge in [-0.15, -0.1) is 0 Å². The molecule has 3 heterocycles. The number of aliphatic imine (C=N–C) groups is 4. The third-order valence-corrected chi connectivity index (χ3v) is 3.26. The Labute approximate surface area is 113 Å². The molecule has 0 amide bonds. The molecule has 3 aliphatic heterocycles. The minimum absolute atomic E-state index is 0.00159. The first-order chi connectivity index (χ1) is 9.49. The average Bonchev–Trinajstić information content (AvgIpc) is 2.90. The standard InChI is InChI=1S/C11H12FN5O3/c1-5-6(18)7(19)8(20-5)17-4-16-11(12)9(13-2)14-3-15-10(11)17/h3-4,6-8,18-19H,1H2,2H3/t6-,7-,8-,11?/m1/s1. The molecule has 0 aromatic rings. The van der Waals surface area contributed by atoms with Crippen LogP contribution in [0.4, 0.5) is 4.39 Å². The van der Waals surface area contributed by atoms with E-state index < -0.39 is 24.2 Å². The third kappa shape index (κ3) is 1.53. The van der Waals surface area contributed by atoms with E-state index in [1.54, 1.807) is 0 Å². The molecule has 0 aromatic heterocycles. The minimum atomic E-state index is -2.30. The van der Waals surface area contributed by atoms with Crippen molar-refractivity contribution >= 4 is 24.3 Å². The lowest BCUT2D eigenvalue weighted by molar-refractivity contribution is -0.0138. The van der Waals surface area contributed by atoms with Crippen molar-refractivity contribution in [3.63, 3.8) is 0 Å². The lowest BCUT2D eigenvalue weighted by atomic mass is 10.1. The lowest BCUT2D eigenvalue weighted by Crippen LogP contribution is -2.52. The van der Waals surface area contributed by atoms with Gasteiger partial charge in [-0.1, -0.05) is 6.58 Å². The number of hydrogen-bond donors (Lipinski definition) is 2. The van der Waals surface area contributed by atoms with Gasteiger partial charge in [0.05, 0.1) is 6.34 Å². The van der Waals surface area contributed by atoms with Crippen molar-refractivity contribution in [2.75, 3.05) is 7.05 Å². The fraction of sp³-hybridized carbons (Fsp3) is 0.455. The van der Waals surface area contributed by atoms with Crippen LogP contribution >= 0.6 is 0 Å². The monoisotopic (exact) mass is 281 g/mol. The number of nitrogens with zero attached hydrogens (tertiary/aromatic N) is 5. The lowest BCUT2D eigenvalue weighted by Gasteiger charge is -2.28. The maximum Gasteiger partial charge on any atom is 0.318 e. The highest BCUT2D eigenvalue weighted by molar-refractivity contribution is 6.23. The van der Waals surface area contributed by atoms with Crippen molar-refractivity contribution in [2.45, 2.75) is 24.2 Å². The van der Waals surface area contributed by atoms with Crippen molar-refractivity contribution in [1.82, 2.24) is 4.90 Å². The fourth-order valence-electron chi connectivity index (χ4n) is 2.21. The summed E-state index contributed by atoms with van der Waals surface area (Å²) in [6.45, 7) is 3.47. The Hall–Kier alpha value is -2.13. The molecule has 1 fully saturated rings. The van der Waals surface area contributed by atoms with E-state index in [9.17, 15) is 14.6 Å². The zero-order valence-corrected chi connectivity index (χ0v) is 10.5. The number of aliphatic hydroxyl groups excluding tert-OH is 2. The van der Waals surface area contributed by atoms with Crippen LogP contribution in [-0.4, -0.2) is 70.7 Å². The van der Waals surface area contributed by atoms with Crippen LogP contribution in [0.3, 0.4) is 0 Å². The second kappa shape index (κ2) is 4.18. The van der Waals surface area contributed by atoms with Gasteiger partial charge in [0.1, 0.15) is 24.3 Å². The molecule has 0 radical (unpaired) electrons. The number of amidine groups is 2. The topological polar surface area (TPSA) is 102 Å². The Morgan fingerprint density at radius 3 is 2.90 bits per heavy atom. The summed E-state index contributed by atoms with van der Waals surface area (Å²) in [5.74, 6) is -2.57. The molecular formula is C11H12FN5O3. The van der Waals surface area contributed by atoms with E-state index in [1.807, 2.05) is 0 Å². The molecule has 3 aliphatic rings. The summed E-state index contributed by atoms with van der Waals surface area (Å²) in [5, 5.41) is 19.5. The van der Waals surface area contributed by atoms with Crippen LogP contribution < -0.4 is 0 Å². The van der Waals surface area contributed by atoms with Crippen LogP contribution in [0.2, 0.25) is 0 Å². The molecule has 8 nitrogen and oxygen atoms in total. The van der Waals surface area contributed by atoms with Crippen molar-refractivity contribution in [3.8, 4) is 0 Å². The predicted octanol–water partition coefficient (Wildman–Crippen LogP) is -0.943. The van der Waals surface area contributed by atoms with Crippen LogP contribution in [0, 0.1) is 0 Å². The number of fused-ring (bicyclic) bond motifs is 1. The summed E-state index contributed by atoms with van der Waals surface area (Å²) in [6, 6.07) is 0. The van der Waals surface area contributed by atoms with Crippen LogP contribution in [0.5, 0.6) is 0 Å². The Bertz CT molecular complexity index is 587. The fourth-order valence-corrected chi connectivity index (χ4v) is 2.21. The Morgan fingerprint density at radius 1 is 1.55 bits per heavy atom. The van der Waals surface area contributed by atoms with Crippen LogP contribution in [0.15, 0.2) is 32.3 Å². The van der Waals surface area contributed by atoms with Gasteiger partial charge in [-0.2, -0.15) is 4.39 Å². The molecule has 0 bridgehead atoms. The van der Waals surface area contributed by atoms with Gasteiger partial charge >= 0.3 is 5.79 Å². The van der Waals surface area contributed by atoms with Crippen LogP contribution in [0.1, 0.15) is 0 Å². The molecule has 0 aliphatic carbocycles. The van der Waals surface area contributed by atoms with Gasteiger partial charge in [-0.05, 0) is 0 Å². The van der Waals surface area contributed by atoms with E-state index in [1.165, 1.54) is 11.9 Å². The highest BCUT2D eigenvalue weighted by Crippen LogP contribution is 2.33. The molecule has 9 heteroatoms. The van der Waals surface area contributed by atoms with Crippen molar-refractivity contribution < 1.29 is 19.3 Å². The number of ether oxygens (including phenoxy) is 1. The van der Waals surface area contributed by atoms with Gasteiger partial charge in [-0.3, -0.25) is 9.89 Å². The van der Waals surface area contributed by atoms with Gasteiger partial charge in [0.25, 0.3) is 0 Å². The van der Waals surface area contributed by atoms with Gasteiger partial charge in [0, 0.05) is 7.05 Å². The molecule has 106 valence electrons. The minimum Gasteiger partial charge on any atom is -0.469 e. The van der Waals surface area contributed by atoms with Crippen LogP contribution in [-0.2, 0) is 4.74 Å². The smallest absolute Gasteiger partial charge is 0.318 e. The summed E-state index contributed by atoms with van der Waals surface area (Å²) in [5.41, 5.74) is 0. The quantitative estimate of drug-likeness (QED) is 0.605. The summed E-state index contributed by atoms with van der Waals surface area (Å²) in [4.78, 5) is 16.2. The van der Waals surface area contributed by atoms with Crippen LogP contribution in [0.25, 0.3) is 0 Å². The molecule has 4 atom stereocenters. The van der Waals surface area contributed by atoms with E-state index in [0.717, 1.165) is 12.7 Å². The largest absolute Gasteiger partial charge is 0.469 e. The first-order valence-electron chi connectivity index (χ1n) is 5.81. The zero-order chi connectivity index (χ0) is 14.5. The summed E-state index contributed by atoms with van der Waals surface area (Å²) >= 11 is 0. The first-order valence-corrected chi connectivity index (χ1v) is 5.81. The van der Waals surface area contributed by atoms with E-state index in [0.29, 0.717) is 0 Å². The normalized spacial score (nSPS) is 41.1. The van der Waals surface area contributed by atoms with Gasteiger partial charge < -0.3 is 14.9 Å². The first kappa shape index (κ1) is 12.9. The summed E-state index contributed by atoms with van der Waals surface area (Å²) < 4.78 is 20.1. The van der Waals surface area contributed by atoms with Gasteiger partial charge in [-0.25, -0.2) is 15.0 Å². The molecule has 0 spiro atoms. The highest BCUT2D eigenvalue weighted by atomic mass is 19.1. The zero-order valence-electron chi connectivity index (χ0n) is 10.5. The number of hydrogen-bond acceptors (Lipinski definition) is 7. The number of halogens is 1. The van der Waals surface area contributed by atoms with E-state index in [4.69, 9.17) is 4.74 Å². The number of aliphatic hydroxyl groups is 2. The number of alkyl halides is 1. The molecule has 2 N–H and O–H groups in total. The average molecular weight is 281 g/mol. The van der Waals surface area contributed by atoms with Crippen molar-refractivity contribution in [2.24, 2.45) is 20.0 Å². The second-order valence-electron chi connectivity index (χ2n) is 4.43. The van der Waals surface area contributed by atoms with E-state index >= 15 is 0 Å². The molecule has 0 saturated carbocycles. The predicted molar refractivity (Wildman–Crippen MR) is 69.5 cm³/mol.